The molecule has 98 valence electrons. The van der Waals surface area contributed by atoms with Crippen LogP contribution in [0.3, 0.4) is 0 Å². The number of ether oxygens (including phenoxy) is 1. The van der Waals surface area contributed by atoms with E-state index in [1.807, 2.05) is 6.07 Å². The standard InChI is InChI=1S/C17H19NO/c1-2-6-14(7-3-1)10-11-18-12-15-13-19-17-9-5-4-8-16(15)17/h1-9,15,18H,10-13H2. The molecule has 2 nitrogen and oxygen atoms in total. The van der Waals surface area contributed by atoms with E-state index in [2.05, 4.69) is 53.8 Å². The molecule has 2 aromatic rings. The maximum atomic E-state index is 5.69. The first-order valence-electron chi connectivity index (χ1n) is 6.90. The number of hydrogen-bond donors (Lipinski definition) is 1. The molecular formula is C17H19NO. The lowest BCUT2D eigenvalue weighted by molar-refractivity contribution is 0.327. The van der Waals surface area contributed by atoms with Crippen molar-refractivity contribution in [3.05, 3.63) is 65.7 Å². The highest BCUT2D eigenvalue weighted by Gasteiger charge is 2.22. The van der Waals surface area contributed by atoms with Crippen molar-refractivity contribution in [1.29, 1.82) is 0 Å². The van der Waals surface area contributed by atoms with Gasteiger partial charge in [-0.2, -0.15) is 0 Å². The Labute approximate surface area is 114 Å². The van der Waals surface area contributed by atoms with Crippen LogP contribution in [0.1, 0.15) is 17.0 Å². The normalized spacial score (nSPS) is 16.9. The summed E-state index contributed by atoms with van der Waals surface area (Å²) in [6.07, 6.45) is 1.08. The Bertz CT molecular complexity index is 524. The van der Waals surface area contributed by atoms with Crippen LogP contribution in [-0.2, 0) is 6.42 Å². The van der Waals surface area contributed by atoms with Gasteiger partial charge < -0.3 is 10.1 Å². The zero-order valence-electron chi connectivity index (χ0n) is 11.0. The molecule has 0 aromatic heterocycles. The average molecular weight is 253 g/mol. The molecule has 1 unspecified atom stereocenters. The lowest BCUT2D eigenvalue weighted by Gasteiger charge is -2.10. The molecule has 0 spiro atoms. The monoisotopic (exact) mass is 253 g/mol. The summed E-state index contributed by atoms with van der Waals surface area (Å²) < 4.78 is 5.69. The van der Waals surface area contributed by atoms with E-state index in [0.29, 0.717) is 5.92 Å². The van der Waals surface area contributed by atoms with E-state index in [-0.39, 0.29) is 0 Å². The fourth-order valence-corrected chi connectivity index (χ4v) is 2.55. The first kappa shape index (κ1) is 12.2. The number of rotatable bonds is 5. The van der Waals surface area contributed by atoms with Crippen LogP contribution in [0.25, 0.3) is 0 Å². The molecule has 2 heteroatoms. The van der Waals surface area contributed by atoms with Gasteiger partial charge >= 0.3 is 0 Å². The average Bonchev–Trinajstić information content (AvgIpc) is 2.88. The van der Waals surface area contributed by atoms with Crippen LogP contribution < -0.4 is 10.1 Å². The van der Waals surface area contributed by atoms with Crippen LogP contribution in [0.2, 0.25) is 0 Å². The van der Waals surface area contributed by atoms with E-state index in [9.17, 15) is 0 Å². The highest BCUT2D eigenvalue weighted by molar-refractivity contribution is 5.39. The van der Waals surface area contributed by atoms with Crippen molar-refractivity contribution in [2.75, 3.05) is 19.7 Å². The zero-order valence-corrected chi connectivity index (χ0v) is 11.0. The predicted octanol–water partition coefficient (Wildman–Crippen LogP) is 2.99. The van der Waals surface area contributed by atoms with Gasteiger partial charge in [-0.25, -0.2) is 0 Å². The second kappa shape index (κ2) is 5.89. The van der Waals surface area contributed by atoms with Crippen LogP contribution in [0.15, 0.2) is 54.6 Å². The van der Waals surface area contributed by atoms with Crippen LogP contribution in [0.5, 0.6) is 5.75 Å². The van der Waals surface area contributed by atoms with Crippen LogP contribution in [-0.4, -0.2) is 19.7 Å². The summed E-state index contributed by atoms with van der Waals surface area (Å²) in [5, 5.41) is 3.54. The second-order valence-electron chi connectivity index (χ2n) is 4.99. The molecule has 19 heavy (non-hydrogen) atoms. The van der Waals surface area contributed by atoms with E-state index in [0.717, 1.165) is 31.9 Å². The van der Waals surface area contributed by atoms with Crippen molar-refractivity contribution < 1.29 is 4.74 Å². The smallest absolute Gasteiger partial charge is 0.122 e. The topological polar surface area (TPSA) is 21.3 Å². The summed E-state index contributed by atoms with van der Waals surface area (Å²) in [6.45, 7) is 2.81. The van der Waals surface area contributed by atoms with Gasteiger partial charge in [0, 0.05) is 18.0 Å². The van der Waals surface area contributed by atoms with Crippen molar-refractivity contribution in [1.82, 2.24) is 5.32 Å². The summed E-state index contributed by atoms with van der Waals surface area (Å²) in [4.78, 5) is 0. The molecule has 0 aliphatic carbocycles. The third-order valence-electron chi connectivity index (χ3n) is 3.62. The Morgan fingerprint density at radius 1 is 1.00 bits per heavy atom. The molecule has 0 saturated carbocycles. The fourth-order valence-electron chi connectivity index (χ4n) is 2.55. The van der Waals surface area contributed by atoms with Gasteiger partial charge in [0.15, 0.2) is 0 Å². The van der Waals surface area contributed by atoms with E-state index in [1.165, 1.54) is 11.1 Å². The Hall–Kier alpha value is -1.80. The molecule has 2 aromatic carbocycles. The molecule has 1 aliphatic rings. The van der Waals surface area contributed by atoms with Crippen molar-refractivity contribution in [3.8, 4) is 5.75 Å². The minimum atomic E-state index is 0.493. The van der Waals surface area contributed by atoms with E-state index >= 15 is 0 Å². The van der Waals surface area contributed by atoms with Gasteiger partial charge in [-0.1, -0.05) is 48.5 Å². The van der Waals surface area contributed by atoms with Crippen LogP contribution in [0, 0.1) is 0 Å². The molecule has 0 radical (unpaired) electrons. The number of para-hydroxylation sites is 1. The molecule has 1 atom stereocenters. The molecular weight excluding hydrogens is 234 g/mol. The summed E-state index contributed by atoms with van der Waals surface area (Å²) >= 11 is 0. The maximum Gasteiger partial charge on any atom is 0.122 e. The van der Waals surface area contributed by atoms with Gasteiger partial charge in [-0.05, 0) is 24.6 Å². The van der Waals surface area contributed by atoms with Crippen LogP contribution >= 0.6 is 0 Å². The lowest BCUT2D eigenvalue weighted by Crippen LogP contribution is -2.24. The molecule has 1 N–H and O–H groups in total. The van der Waals surface area contributed by atoms with E-state index < -0.39 is 0 Å². The van der Waals surface area contributed by atoms with Gasteiger partial charge in [-0.3, -0.25) is 0 Å². The number of nitrogens with one attached hydrogen (secondary N) is 1. The molecule has 1 heterocycles. The first-order valence-corrected chi connectivity index (χ1v) is 6.90. The van der Waals surface area contributed by atoms with Gasteiger partial charge in [0.25, 0.3) is 0 Å². The van der Waals surface area contributed by atoms with Gasteiger partial charge in [0.2, 0.25) is 0 Å². The summed E-state index contributed by atoms with van der Waals surface area (Å²) in [6, 6.07) is 18.9. The Morgan fingerprint density at radius 2 is 1.79 bits per heavy atom. The predicted molar refractivity (Wildman–Crippen MR) is 77.7 cm³/mol. The third-order valence-corrected chi connectivity index (χ3v) is 3.62. The lowest BCUT2D eigenvalue weighted by atomic mass is 10.0. The van der Waals surface area contributed by atoms with Crippen molar-refractivity contribution in [2.45, 2.75) is 12.3 Å². The fraction of sp³-hybridized carbons (Fsp3) is 0.294. The van der Waals surface area contributed by atoms with Crippen LogP contribution in [0.4, 0.5) is 0 Å². The Kier molecular flexibility index (Phi) is 3.80. The van der Waals surface area contributed by atoms with Crippen molar-refractivity contribution in [2.24, 2.45) is 0 Å². The summed E-state index contributed by atoms with van der Waals surface area (Å²) in [5.74, 6) is 1.55. The van der Waals surface area contributed by atoms with Gasteiger partial charge in [-0.15, -0.1) is 0 Å². The Morgan fingerprint density at radius 3 is 2.68 bits per heavy atom. The number of fused-ring (bicyclic) bond motifs is 1. The molecule has 0 fully saturated rings. The largest absolute Gasteiger partial charge is 0.493 e. The number of hydrogen-bond acceptors (Lipinski definition) is 2. The zero-order chi connectivity index (χ0) is 12.9. The number of benzene rings is 2. The molecule has 3 rings (SSSR count). The summed E-state index contributed by atoms with van der Waals surface area (Å²) in [5.41, 5.74) is 2.73. The first-order chi connectivity index (χ1) is 9.43. The molecule has 1 aliphatic heterocycles. The maximum absolute atomic E-state index is 5.69. The highest BCUT2D eigenvalue weighted by atomic mass is 16.5. The minimum Gasteiger partial charge on any atom is -0.493 e. The van der Waals surface area contributed by atoms with Crippen molar-refractivity contribution in [3.63, 3.8) is 0 Å². The highest BCUT2D eigenvalue weighted by Crippen LogP contribution is 2.32. The molecule has 0 amide bonds. The van der Waals surface area contributed by atoms with Gasteiger partial charge in [0.1, 0.15) is 5.75 Å². The van der Waals surface area contributed by atoms with E-state index in [4.69, 9.17) is 4.74 Å². The molecule has 0 bridgehead atoms. The third kappa shape index (κ3) is 2.96. The SMILES string of the molecule is c1ccc(CCNCC2COc3ccccc32)cc1. The van der Waals surface area contributed by atoms with Gasteiger partial charge in [0.05, 0.1) is 6.61 Å². The van der Waals surface area contributed by atoms with E-state index in [1.54, 1.807) is 0 Å². The molecule has 0 saturated heterocycles. The van der Waals surface area contributed by atoms with Crippen molar-refractivity contribution >= 4 is 0 Å². The quantitative estimate of drug-likeness (QED) is 0.827. The summed E-state index contributed by atoms with van der Waals surface area (Å²) in [7, 11) is 0. The second-order valence-corrected chi connectivity index (χ2v) is 4.99. The minimum absolute atomic E-state index is 0.493. The Balaban J connectivity index is 1.47.